The SMILES string of the molecule is CCCOc1cc([C@]2(C)CN(OC(=O)N[C@H](C)c3cccc4ccccc34)C(=O)O2)ccc1OC. The van der Waals surface area contributed by atoms with Crippen LogP contribution in [0.1, 0.15) is 44.4 Å². The molecule has 8 nitrogen and oxygen atoms in total. The molecule has 1 heterocycles. The first kappa shape index (κ1) is 24.2. The second kappa shape index (κ2) is 10.1. The number of ether oxygens (including phenoxy) is 3. The number of carbonyl (C=O) groups excluding carboxylic acids is 2. The highest BCUT2D eigenvalue weighted by atomic mass is 16.8. The van der Waals surface area contributed by atoms with Gasteiger partial charge in [-0.1, -0.05) is 55.5 Å². The molecule has 8 heteroatoms. The molecular weight excluding hydrogens is 448 g/mol. The van der Waals surface area contributed by atoms with Crippen LogP contribution in [-0.4, -0.2) is 37.5 Å². The number of nitrogens with zero attached hydrogens (tertiary/aromatic N) is 1. The number of nitrogens with one attached hydrogen (secondary N) is 1. The summed E-state index contributed by atoms with van der Waals surface area (Å²) in [6, 6.07) is 18.9. The quantitative estimate of drug-likeness (QED) is 0.447. The molecule has 4 rings (SSSR count). The zero-order valence-corrected chi connectivity index (χ0v) is 20.4. The summed E-state index contributed by atoms with van der Waals surface area (Å²) in [6.07, 6.45) is -0.645. The number of methoxy groups -OCH3 is 1. The van der Waals surface area contributed by atoms with Crippen LogP contribution in [0, 0.1) is 0 Å². The first-order valence-electron chi connectivity index (χ1n) is 11.6. The summed E-state index contributed by atoms with van der Waals surface area (Å²) < 4.78 is 16.8. The Balaban J connectivity index is 1.44. The maximum Gasteiger partial charge on any atom is 0.444 e. The minimum Gasteiger partial charge on any atom is -0.493 e. The van der Waals surface area contributed by atoms with Crippen LogP contribution in [0.3, 0.4) is 0 Å². The van der Waals surface area contributed by atoms with Gasteiger partial charge in [0.25, 0.3) is 0 Å². The fourth-order valence-electron chi connectivity index (χ4n) is 4.17. The van der Waals surface area contributed by atoms with Gasteiger partial charge in [-0.25, -0.2) is 9.59 Å². The van der Waals surface area contributed by atoms with E-state index >= 15 is 0 Å². The van der Waals surface area contributed by atoms with Crippen molar-refractivity contribution in [2.45, 2.75) is 38.8 Å². The van der Waals surface area contributed by atoms with E-state index in [-0.39, 0.29) is 12.6 Å². The fourth-order valence-corrected chi connectivity index (χ4v) is 4.17. The van der Waals surface area contributed by atoms with Crippen molar-refractivity contribution < 1.29 is 28.6 Å². The smallest absolute Gasteiger partial charge is 0.444 e. The highest BCUT2D eigenvalue weighted by Crippen LogP contribution is 2.38. The maximum atomic E-state index is 12.6. The Bertz CT molecular complexity index is 1220. The van der Waals surface area contributed by atoms with Crippen molar-refractivity contribution >= 4 is 23.0 Å². The first-order chi connectivity index (χ1) is 16.8. The predicted octanol–water partition coefficient (Wildman–Crippen LogP) is 5.71. The largest absolute Gasteiger partial charge is 0.493 e. The monoisotopic (exact) mass is 478 g/mol. The normalized spacial score (nSPS) is 18.2. The molecule has 1 saturated heterocycles. The summed E-state index contributed by atoms with van der Waals surface area (Å²) in [5, 5.41) is 5.85. The van der Waals surface area contributed by atoms with Crippen LogP contribution in [-0.2, 0) is 15.2 Å². The van der Waals surface area contributed by atoms with Gasteiger partial charge >= 0.3 is 12.2 Å². The topological polar surface area (TPSA) is 86.3 Å². The number of fused-ring (bicyclic) bond motifs is 1. The number of cyclic esters (lactones) is 1. The van der Waals surface area contributed by atoms with Gasteiger partial charge in [-0.3, -0.25) is 0 Å². The summed E-state index contributed by atoms with van der Waals surface area (Å²) in [4.78, 5) is 30.5. The second-order valence-corrected chi connectivity index (χ2v) is 8.66. The number of hydroxylamine groups is 2. The molecule has 0 radical (unpaired) electrons. The lowest BCUT2D eigenvalue weighted by molar-refractivity contribution is -0.0508. The lowest BCUT2D eigenvalue weighted by atomic mass is 9.96. The summed E-state index contributed by atoms with van der Waals surface area (Å²) in [6.45, 7) is 6.20. The third-order valence-electron chi connectivity index (χ3n) is 6.01. The zero-order valence-electron chi connectivity index (χ0n) is 20.4. The molecule has 0 aliphatic carbocycles. The molecule has 1 N–H and O–H groups in total. The molecule has 1 aliphatic rings. The Morgan fingerprint density at radius 2 is 1.91 bits per heavy atom. The van der Waals surface area contributed by atoms with Crippen molar-refractivity contribution in [1.82, 2.24) is 10.4 Å². The number of amides is 2. The van der Waals surface area contributed by atoms with Crippen molar-refractivity contribution in [3.05, 3.63) is 71.8 Å². The molecule has 1 aliphatic heterocycles. The standard InChI is InChI=1S/C27H30N2O6/c1-5-15-33-24-16-20(13-14-23(24)32-4)27(3)17-29(26(31)34-27)35-25(30)28-18(2)21-12-8-10-19-9-6-7-11-22(19)21/h6-14,16,18H,5,15,17H2,1-4H3,(H,28,30)/t18-,27+/m1/s1. The van der Waals surface area contributed by atoms with E-state index in [1.54, 1.807) is 32.2 Å². The van der Waals surface area contributed by atoms with Crippen LogP contribution >= 0.6 is 0 Å². The van der Waals surface area contributed by atoms with Gasteiger partial charge in [0, 0.05) is 5.56 Å². The van der Waals surface area contributed by atoms with Crippen molar-refractivity contribution in [2.24, 2.45) is 0 Å². The molecule has 3 aromatic carbocycles. The summed E-state index contributed by atoms with van der Waals surface area (Å²) in [5.41, 5.74) is 0.620. The Kier molecular flexibility index (Phi) is 7.00. The molecule has 2 amide bonds. The Morgan fingerprint density at radius 1 is 1.14 bits per heavy atom. The van der Waals surface area contributed by atoms with Crippen molar-refractivity contribution in [3.8, 4) is 11.5 Å². The van der Waals surface area contributed by atoms with Gasteiger partial charge in [-0.05, 0) is 48.7 Å². The van der Waals surface area contributed by atoms with E-state index in [0.717, 1.165) is 27.8 Å². The molecular formula is C27H30N2O6. The van der Waals surface area contributed by atoms with Crippen LogP contribution in [0.15, 0.2) is 60.7 Å². The lowest BCUT2D eigenvalue weighted by Crippen LogP contribution is -2.37. The molecule has 0 aromatic heterocycles. The molecule has 1 fully saturated rings. The molecule has 0 unspecified atom stereocenters. The van der Waals surface area contributed by atoms with Crippen molar-refractivity contribution in [3.63, 3.8) is 0 Å². The molecule has 184 valence electrons. The zero-order chi connectivity index (χ0) is 25.0. The van der Waals surface area contributed by atoms with Crippen LogP contribution < -0.4 is 14.8 Å². The maximum absolute atomic E-state index is 12.6. The molecule has 0 bridgehead atoms. The van der Waals surface area contributed by atoms with E-state index in [0.29, 0.717) is 23.7 Å². The summed E-state index contributed by atoms with van der Waals surface area (Å²) in [7, 11) is 1.57. The van der Waals surface area contributed by atoms with Gasteiger partial charge in [0.1, 0.15) is 6.54 Å². The average Bonchev–Trinajstić information content (AvgIpc) is 3.15. The van der Waals surface area contributed by atoms with E-state index < -0.39 is 17.8 Å². The summed E-state index contributed by atoms with van der Waals surface area (Å²) in [5.74, 6) is 1.15. The van der Waals surface area contributed by atoms with Crippen LogP contribution in [0.25, 0.3) is 10.8 Å². The minimum absolute atomic E-state index is 0.0292. The van der Waals surface area contributed by atoms with Crippen LogP contribution in [0.5, 0.6) is 11.5 Å². The van der Waals surface area contributed by atoms with E-state index in [4.69, 9.17) is 19.0 Å². The molecule has 2 atom stereocenters. The lowest BCUT2D eigenvalue weighted by Gasteiger charge is -2.23. The second-order valence-electron chi connectivity index (χ2n) is 8.66. The van der Waals surface area contributed by atoms with Gasteiger partial charge in [-0.15, -0.1) is 5.06 Å². The first-order valence-corrected chi connectivity index (χ1v) is 11.6. The minimum atomic E-state index is -1.03. The van der Waals surface area contributed by atoms with E-state index in [1.807, 2.05) is 56.3 Å². The predicted molar refractivity (Wildman–Crippen MR) is 131 cm³/mol. The van der Waals surface area contributed by atoms with Gasteiger partial charge in [0.05, 0.1) is 19.8 Å². The fraction of sp³-hybridized carbons (Fsp3) is 0.333. The van der Waals surface area contributed by atoms with Crippen LogP contribution in [0.2, 0.25) is 0 Å². The number of rotatable bonds is 8. The highest BCUT2D eigenvalue weighted by molar-refractivity contribution is 5.86. The third kappa shape index (κ3) is 5.11. The van der Waals surface area contributed by atoms with E-state index in [1.165, 1.54) is 0 Å². The summed E-state index contributed by atoms with van der Waals surface area (Å²) >= 11 is 0. The van der Waals surface area contributed by atoms with Gasteiger partial charge in [0.15, 0.2) is 17.1 Å². The van der Waals surface area contributed by atoms with Gasteiger partial charge in [-0.2, -0.15) is 0 Å². The molecule has 0 spiro atoms. The Morgan fingerprint density at radius 3 is 2.69 bits per heavy atom. The van der Waals surface area contributed by atoms with Crippen molar-refractivity contribution in [1.29, 1.82) is 0 Å². The molecule has 0 saturated carbocycles. The van der Waals surface area contributed by atoms with E-state index in [9.17, 15) is 9.59 Å². The van der Waals surface area contributed by atoms with Crippen molar-refractivity contribution in [2.75, 3.05) is 20.3 Å². The number of hydrogen-bond acceptors (Lipinski definition) is 6. The Hall–Kier alpha value is -3.94. The van der Waals surface area contributed by atoms with Gasteiger partial charge in [0.2, 0.25) is 0 Å². The number of benzene rings is 3. The highest BCUT2D eigenvalue weighted by Gasteiger charge is 2.45. The third-order valence-corrected chi connectivity index (χ3v) is 6.01. The molecule has 3 aromatic rings. The average molecular weight is 479 g/mol. The number of hydrogen-bond donors (Lipinski definition) is 1. The Labute approximate surface area is 204 Å². The van der Waals surface area contributed by atoms with Crippen LogP contribution in [0.4, 0.5) is 9.59 Å². The number of carbonyl (C=O) groups is 2. The van der Waals surface area contributed by atoms with E-state index in [2.05, 4.69) is 5.32 Å². The molecule has 35 heavy (non-hydrogen) atoms. The van der Waals surface area contributed by atoms with Gasteiger partial charge < -0.3 is 24.4 Å².